The molecule has 6 heteroatoms. The molecule has 2 aromatic rings. The highest BCUT2D eigenvalue weighted by atomic mass is 16.6. The van der Waals surface area contributed by atoms with Gasteiger partial charge in [-0.25, -0.2) is 4.98 Å². The molecule has 0 amide bonds. The van der Waals surface area contributed by atoms with Gasteiger partial charge in [-0.1, -0.05) is 29.8 Å². The number of nitrogens with two attached hydrogens (primary N) is 1. The van der Waals surface area contributed by atoms with Crippen LogP contribution in [0, 0.1) is 17.0 Å². The van der Waals surface area contributed by atoms with Gasteiger partial charge in [-0.05, 0) is 18.6 Å². The van der Waals surface area contributed by atoms with Gasteiger partial charge in [-0.15, -0.1) is 0 Å². The summed E-state index contributed by atoms with van der Waals surface area (Å²) in [6.45, 7) is 2.46. The molecule has 0 spiro atoms. The Morgan fingerprint density at radius 3 is 2.58 bits per heavy atom. The maximum absolute atomic E-state index is 10.9. The normalized spacial score (nSPS) is 10.2. The third-order valence-corrected chi connectivity index (χ3v) is 2.67. The van der Waals surface area contributed by atoms with E-state index in [1.165, 1.54) is 12.1 Å². The van der Waals surface area contributed by atoms with Crippen molar-refractivity contribution in [3.63, 3.8) is 0 Å². The molecule has 0 fully saturated rings. The van der Waals surface area contributed by atoms with E-state index in [1.807, 2.05) is 31.2 Å². The van der Waals surface area contributed by atoms with E-state index in [4.69, 9.17) is 5.73 Å². The first kappa shape index (κ1) is 12.8. The van der Waals surface area contributed by atoms with Crippen molar-refractivity contribution in [2.24, 2.45) is 0 Å². The second kappa shape index (κ2) is 5.34. The van der Waals surface area contributed by atoms with Crippen molar-refractivity contribution in [3.05, 3.63) is 57.6 Å². The SMILES string of the molecule is Cc1ccc(CNc2nc(N)ccc2[N+](=O)[O-])cc1. The van der Waals surface area contributed by atoms with E-state index in [-0.39, 0.29) is 17.3 Å². The van der Waals surface area contributed by atoms with E-state index in [0.29, 0.717) is 6.54 Å². The van der Waals surface area contributed by atoms with Crippen LogP contribution < -0.4 is 11.1 Å². The molecule has 0 aliphatic carbocycles. The lowest BCUT2D eigenvalue weighted by molar-refractivity contribution is -0.384. The molecule has 3 N–H and O–H groups in total. The van der Waals surface area contributed by atoms with Crippen molar-refractivity contribution in [3.8, 4) is 0 Å². The fraction of sp³-hybridized carbons (Fsp3) is 0.154. The van der Waals surface area contributed by atoms with Gasteiger partial charge in [0.15, 0.2) is 0 Å². The Bertz CT molecular complexity index is 596. The van der Waals surface area contributed by atoms with Crippen molar-refractivity contribution in [2.45, 2.75) is 13.5 Å². The molecular formula is C13H14N4O2. The Kier molecular flexibility index (Phi) is 3.61. The van der Waals surface area contributed by atoms with E-state index >= 15 is 0 Å². The third kappa shape index (κ3) is 3.19. The summed E-state index contributed by atoms with van der Waals surface area (Å²) in [5, 5.41) is 13.8. The maximum Gasteiger partial charge on any atom is 0.311 e. The second-order valence-electron chi connectivity index (χ2n) is 4.20. The van der Waals surface area contributed by atoms with Crippen LogP contribution in [-0.4, -0.2) is 9.91 Å². The molecule has 0 atom stereocenters. The Hall–Kier alpha value is -2.63. The molecule has 0 aliphatic heterocycles. The molecule has 0 saturated heterocycles. The summed E-state index contributed by atoms with van der Waals surface area (Å²) in [4.78, 5) is 14.3. The average Bonchev–Trinajstić information content (AvgIpc) is 2.38. The molecule has 1 aromatic heterocycles. The summed E-state index contributed by atoms with van der Waals surface area (Å²) in [6, 6.07) is 10.6. The number of aromatic nitrogens is 1. The van der Waals surface area contributed by atoms with E-state index < -0.39 is 4.92 Å². The molecular weight excluding hydrogens is 244 g/mol. The minimum absolute atomic E-state index is 0.0821. The van der Waals surface area contributed by atoms with E-state index in [2.05, 4.69) is 10.3 Å². The highest BCUT2D eigenvalue weighted by Crippen LogP contribution is 2.23. The monoisotopic (exact) mass is 258 g/mol. The summed E-state index contributed by atoms with van der Waals surface area (Å²) in [5.74, 6) is 0.433. The smallest absolute Gasteiger partial charge is 0.311 e. The minimum Gasteiger partial charge on any atom is -0.384 e. The van der Waals surface area contributed by atoms with Crippen LogP contribution in [0.25, 0.3) is 0 Å². The predicted molar refractivity (Wildman–Crippen MR) is 73.8 cm³/mol. The molecule has 0 bridgehead atoms. The fourth-order valence-corrected chi connectivity index (χ4v) is 1.64. The van der Waals surface area contributed by atoms with Crippen molar-refractivity contribution in [1.82, 2.24) is 4.98 Å². The first-order chi connectivity index (χ1) is 9.06. The fourth-order valence-electron chi connectivity index (χ4n) is 1.64. The summed E-state index contributed by atoms with van der Waals surface area (Å²) in [6.07, 6.45) is 0. The highest BCUT2D eigenvalue weighted by Gasteiger charge is 2.14. The largest absolute Gasteiger partial charge is 0.384 e. The Balaban J connectivity index is 2.16. The number of nitrogen functional groups attached to an aromatic ring is 1. The number of hydrogen-bond donors (Lipinski definition) is 2. The van der Waals surface area contributed by atoms with Crippen LogP contribution in [0.5, 0.6) is 0 Å². The van der Waals surface area contributed by atoms with Gasteiger partial charge in [0.25, 0.3) is 0 Å². The lowest BCUT2D eigenvalue weighted by Crippen LogP contribution is -2.06. The molecule has 98 valence electrons. The highest BCUT2D eigenvalue weighted by molar-refractivity contribution is 5.59. The first-order valence-electron chi connectivity index (χ1n) is 5.76. The summed E-state index contributed by atoms with van der Waals surface area (Å²) >= 11 is 0. The van der Waals surface area contributed by atoms with Crippen molar-refractivity contribution in [1.29, 1.82) is 0 Å². The maximum atomic E-state index is 10.9. The number of hydrogen-bond acceptors (Lipinski definition) is 5. The van der Waals surface area contributed by atoms with Crippen LogP contribution in [0.2, 0.25) is 0 Å². The van der Waals surface area contributed by atoms with Crippen LogP contribution >= 0.6 is 0 Å². The lowest BCUT2D eigenvalue weighted by atomic mass is 10.1. The van der Waals surface area contributed by atoms with Gasteiger partial charge in [0.1, 0.15) is 5.82 Å². The topological polar surface area (TPSA) is 94.1 Å². The Morgan fingerprint density at radius 2 is 1.95 bits per heavy atom. The van der Waals surface area contributed by atoms with Gasteiger partial charge in [0, 0.05) is 12.6 Å². The minimum atomic E-state index is -0.482. The summed E-state index contributed by atoms with van der Waals surface area (Å²) < 4.78 is 0. The second-order valence-corrected chi connectivity index (χ2v) is 4.20. The zero-order valence-corrected chi connectivity index (χ0v) is 10.5. The van der Waals surface area contributed by atoms with Gasteiger partial charge in [0.05, 0.1) is 4.92 Å². The Morgan fingerprint density at radius 1 is 1.26 bits per heavy atom. The van der Waals surface area contributed by atoms with Gasteiger partial charge in [-0.2, -0.15) is 0 Å². The molecule has 0 aliphatic rings. The number of anilines is 2. The van der Waals surface area contributed by atoms with Gasteiger partial charge in [-0.3, -0.25) is 10.1 Å². The molecule has 1 aromatic carbocycles. The molecule has 2 rings (SSSR count). The standard InChI is InChI=1S/C13H14N4O2/c1-9-2-4-10(5-3-9)8-15-13-11(17(18)19)6-7-12(14)16-13/h2-7H,8H2,1H3,(H3,14,15,16). The van der Waals surface area contributed by atoms with Crippen LogP contribution in [0.15, 0.2) is 36.4 Å². The number of aryl methyl sites for hydroxylation is 1. The Labute approximate surface area is 110 Å². The number of rotatable bonds is 4. The van der Waals surface area contributed by atoms with Crippen molar-refractivity contribution in [2.75, 3.05) is 11.1 Å². The molecule has 0 radical (unpaired) electrons. The molecule has 0 unspecified atom stereocenters. The predicted octanol–water partition coefficient (Wildman–Crippen LogP) is 2.49. The van der Waals surface area contributed by atoms with Crippen LogP contribution in [0.4, 0.5) is 17.3 Å². The van der Waals surface area contributed by atoms with Crippen molar-refractivity contribution >= 4 is 17.3 Å². The molecule has 6 nitrogen and oxygen atoms in total. The van der Waals surface area contributed by atoms with Gasteiger partial charge >= 0.3 is 5.69 Å². The number of nitro groups is 1. The number of nitrogens with zero attached hydrogens (tertiary/aromatic N) is 2. The van der Waals surface area contributed by atoms with Gasteiger partial charge in [0.2, 0.25) is 5.82 Å². The number of nitrogens with one attached hydrogen (secondary N) is 1. The zero-order chi connectivity index (χ0) is 13.8. The van der Waals surface area contributed by atoms with Gasteiger partial charge < -0.3 is 11.1 Å². The number of benzene rings is 1. The molecule has 0 saturated carbocycles. The number of pyridine rings is 1. The summed E-state index contributed by atoms with van der Waals surface area (Å²) in [7, 11) is 0. The third-order valence-electron chi connectivity index (χ3n) is 2.67. The van der Waals surface area contributed by atoms with E-state index in [0.717, 1.165) is 11.1 Å². The van der Waals surface area contributed by atoms with Crippen LogP contribution in [0.1, 0.15) is 11.1 Å². The summed E-state index contributed by atoms with van der Waals surface area (Å²) in [5.41, 5.74) is 7.64. The zero-order valence-electron chi connectivity index (χ0n) is 10.5. The van der Waals surface area contributed by atoms with E-state index in [9.17, 15) is 10.1 Å². The first-order valence-corrected chi connectivity index (χ1v) is 5.76. The van der Waals surface area contributed by atoms with Crippen LogP contribution in [0.3, 0.4) is 0 Å². The lowest BCUT2D eigenvalue weighted by Gasteiger charge is -2.07. The van der Waals surface area contributed by atoms with E-state index in [1.54, 1.807) is 0 Å². The average molecular weight is 258 g/mol. The quantitative estimate of drug-likeness (QED) is 0.649. The van der Waals surface area contributed by atoms with Crippen LogP contribution in [-0.2, 0) is 6.54 Å². The molecule has 19 heavy (non-hydrogen) atoms. The van der Waals surface area contributed by atoms with Crippen molar-refractivity contribution < 1.29 is 4.92 Å². The molecule has 1 heterocycles.